The first-order valence-corrected chi connectivity index (χ1v) is 10.2. The molecule has 1 atom stereocenters. The van der Waals surface area contributed by atoms with Crippen molar-refractivity contribution in [3.63, 3.8) is 0 Å². The SMILES string of the molecule is CN=C(NCc1cc(Cl)c2c(c1)OCCCO2)N1CCOC(c2cnn(C)c2)C1.I. The number of nitrogens with one attached hydrogen (secondary N) is 1. The minimum Gasteiger partial charge on any atom is -0.489 e. The number of nitrogens with zero attached hydrogens (tertiary/aromatic N) is 4. The van der Waals surface area contributed by atoms with Gasteiger partial charge in [0.15, 0.2) is 17.5 Å². The maximum Gasteiger partial charge on any atom is 0.194 e. The summed E-state index contributed by atoms with van der Waals surface area (Å²) < 4.78 is 19.2. The number of aromatic nitrogens is 2. The molecule has 0 saturated carbocycles. The van der Waals surface area contributed by atoms with Gasteiger partial charge in [-0.2, -0.15) is 5.10 Å². The lowest BCUT2D eigenvalue weighted by atomic mass is 10.1. The highest BCUT2D eigenvalue weighted by Crippen LogP contribution is 2.38. The fourth-order valence-corrected chi connectivity index (χ4v) is 3.84. The van der Waals surface area contributed by atoms with Gasteiger partial charge in [-0.05, 0) is 17.7 Å². The molecule has 2 aliphatic heterocycles. The topological polar surface area (TPSA) is 73.1 Å². The fraction of sp³-hybridized carbons (Fsp3) is 0.500. The van der Waals surface area contributed by atoms with Crippen molar-refractivity contribution in [2.24, 2.45) is 12.0 Å². The number of fused-ring (bicyclic) bond motifs is 1. The Bertz CT molecular complexity index is 891. The Morgan fingerprint density at radius 1 is 1.30 bits per heavy atom. The van der Waals surface area contributed by atoms with Crippen LogP contribution < -0.4 is 14.8 Å². The standard InChI is InChI=1S/C20H26ClN5O3.HI/c1-22-20(26-4-7-28-18(13-26)15-11-24-25(2)12-15)23-10-14-8-16(21)19-17(9-14)27-5-3-6-29-19;/h8-9,11-12,18H,3-7,10,13H2,1-2H3,(H,22,23);1H. The first kappa shape index (κ1) is 23.0. The van der Waals surface area contributed by atoms with Gasteiger partial charge < -0.3 is 24.4 Å². The highest BCUT2D eigenvalue weighted by atomic mass is 127. The molecule has 2 aromatic rings. The molecule has 1 aromatic carbocycles. The summed E-state index contributed by atoms with van der Waals surface area (Å²) in [7, 11) is 3.70. The van der Waals surface area contributed by atoms with Crippen molar-refractivity contribution < 1.29 is 14.2 Å². The lowest BCUT2D eigenvalue weighted by Crippen LogP contribution is -2.47. The van der Waals surface area contributed by atoms with E-state index in [1.165, 1.54) is 0 Å². The Labute approximate surface area is 198 Å². The van der Waals surface area contributed by atoms with Gasteiger partial charge in [-0.3, -0.25) is 9.67 Å². The number of hydrogen-bond acceptors (Lipinski definition) is 5. The van der Waals surface area contributed by atoms with Crippen LogP contribution in [0.1, 0.15) is 23.7 Å². The minimum atomic E-state index is -0.0245. The Hall–Kier alpha value is -1.72. The number of rotatable bonds is 3. The summed E-state index contributed by atoms with van der Waals surface area (Å²) in [5.74, 6) is 2.15. The van der Waals surface area contributed by atoms with Gasteiger partial charge in [0, 0.05) is 45.4 Å². The largest absolute Gasteiger partial charge is 0.489 e. The molecule has 0 spiro atoms. The summed E-state index contributed by atoms with van der Waals surface area (Å²) in [5.41, 5.74) is 2.08. The molecule has 1 fully saturated rings. The summed E-state index contributed by atoms with van der Waals surface area (Å²) in [4.78, 5) is 6.65. The maximum absolute atomic E-state index is 6.41. The van der Waals surface area contributed by atoms with Crippen LogP contribution in [0.2, 0.25) is 5.02 Å². The molecule has 0 radical (unpaired) electrons. The first-order chi connectivity index (χ1) is 14.1. The normalized spacial score (nSPS) is 19.1. The number of aliphatic imine (C=N–C) groups is 1. The van der Waals surface area contributed by atoms with Crippen LogP contribution in [-0.4, -0.2) is 60.6 Å². The van der Waals surface area contributed by atoms with Crippen LogP contribution in [-0.2, 0) is 18.3 Å². The van der Waals surface area contributed by atoms with E-state index in [2.05, 4.69) is 20.3 Å². The molecule has 0 bridgehead atoms. The molecule has 1 aromatic heterocycles. The highest BCUT2D eigenvalue weighted by molar-refractivity contribution is 14.0. The first-order valence-electron chi connectivity index (χ1n) is 9.78. The van der Waals surface area contributed by atoms with Gasteiger partial charge in [0.1, 0.15) is 6.10 Å². The summed E-state index contributed by atoms with van der Waals surface area (Å²) in [5, 5.41) is 8.24. The van der Waals surface area contributed by atoms with Gasteiger partial charge >= 0.3 is 0 Å². The molecule has 164 valence electrons. The third-order valence-electron chi connectivity index (χ3n) is 4.99. The molecule has 1 N–H and O–H groups in total. The predicted octanol–water partition coefficient (Wildman–Crippen LogP) is 3.00. The molecule has 3 heterocycles. The Morgan fingerprint density at radius 3 is 2.90 bits per heavy atom. The second kappa shape index (κ2) is 10.5. The van der Waals surface area contributed by atoms with Gasteiger partial charge in [-0.15, -0.1) is 24.0 Å². The Morgan fingerprint density at radius 2 is 2.13 bits per heavy atom. The zero-order valence-corrected chi connectivity index (χ0v) is 20.2. The van der Waals surface area contributed by atoms with Gasteiger partial charge in [0.05, 0.1) is 37.6 Å². The van der Waals surface area contributed by atoms with Crippen molar-refractivity contribution in [3.8, 4) is 11.5 Å². The van der Waals surface area contributed by atoms with Crippen LogP contribution in [0, 0.1) is 0 Å². The molecular weight excluding hydrogens is 521 g/mol. The van der Waals surface area contributed by atoms with E-state index in [4.69, 9.17) is 25.8 Å². The van der Waals surface area contributed by atoms with Gasteiger partial charge in [0.25, 0.3) is 0 Å². The fourth-order valence-electron chi connectivity index (χ4n) is 3.55. The van der Waals surface area contributed by atoms with Gasteiger partial charge in [0.2, 0.25) is 0 Å². The van der Waals surface area contributed by atoms with Crippen molar-refractivity contribution in [3.05, 3.63) is 40.7 Å². The number of guanidine groups is 1. The van der Waals surface area contributed by atoms with E-state index >= 15 is 0 Å². The number of halogens is 2. The van der Waals surface area contributed by atoms with Crippen LogP contribution in [0.15, 0.2) is 29.5 Å². The van der Waals surface area contributed by atoms with E-state index in [-0.39, 0.29) is 30.1 Å². The van der Waals surface area contributed by atoms with Crippen LogP contribution in [0.4, 0.5) is 0 Å². The van der Waals surface area contributed by atoms with Crippen LogP contribution in [0.5, 0.6) is 11.5 Å². The molecule has 4 rings (SSSR count). The minimum absolute atomic E-state index is 0. The van der Waals surface area contributed by atoms with Gasteiger partial charge in [-0.1, -0.05) is 11.6 Å². The van der Waals surface area contributed by atoms with Crippen LogP contribution >= 0.6 is 35.6 Å². The summed E-state index contributed by atoms with van der Waals surface area (Å²) in [6.07, 6.45) is 4.66. The Kier molecular flexibility index (Phi) is 8.06. The summed E-state index contributed by atoms with van der Waals surface area (Å²) in [6.45, 7) is 3.96. The second-order valence-corrected chi connectivity index (χ2v) is 7.52. The zero-order chi connectivity index (χ0) is 20.2. The number of aryl methyl sites for hydroxylation is 1. The monoisotopic (exact) mass is 547 g/mol. The zero-order valence-electron chi connectivity index (χ0n) is 17.1. The third kappa shape index (κ3) is 5.30. The number of hydrogen-bond donors (Lipinski definition) is 1. The van der Waals surface area contributed by atoms with E-state index < -0.39 is 0 Å². The van der Waals surface area contributed by atoms with Crippen molar-refractivity contribution in [1.29, 1.82) is 0 Å². The highest BCUT2D eigenvalue weighted by Gasteiger charge is 2.25. The third-order valence-corrected chi connectivity index (χ3v) is 5.27. The average molecular weight is 548 g/mol. The van der Waals surface area contributed by atoms with E-state index in [9.17, 15) is 0 Å². The number of benzene rings is 1. The molecule has 1 saturated heterocycles. The molecular formula is C20H27ClIN5O3. The summed E-state index contributed by atoms with van der Waals surface area (Å²) in [6, 6.07) is 3.89. The lowest BCUT2D eigenvalue weighted by molar-refractivity contribution is -0.00805. The van der Waals surface area contributed by atoms with E-state index in [1.807, 2.05) is 31.6 Å². The van der Waals surface area contributed by atoms with Crippen molar-refractivity contribution in [1.82, 2.24) is 20.0 Å². The summed E-state index contributed by atoms with van der Waals surface area (Å²) >= 11 is 6.41. The molecule has 0 aliphatic carbocycles. The lowest BCUT2D eigenvalue weighted by Gasteiger charge is -2.34. The number of ether oxygens (including phenoxy) is 3. The van der Waals surface area contributed by atoms with Crippen LogP contribution in [0.3, 0.4) is 0 Å². The van der Waals surface area contributed by atoms with E-state index in [1.54, 1.807) is 11.7 Å². The van der Waals surface area contributed by atoms with E-state index in [0.717, 1.165) is 30.1 Å². The molecule has 1 unspecified atom stereocenters. The van der Waals surface area contributed by atoms with Crippen molar-refractivity contribution in [2.75, 3.05) is 40.0 Å². The quantitative estimate of drug-likeness (QED) is 0.362. The molecule has 0 amide bonds. The smallest absolute Gasteiger partial charge is 0.194 e. The average Bonchev–Trinajstić information content (AvgIpc) is 3.02. The van der Waals surface area contributed by atoms with Crippen molar-refractivity contribution >= 4 is 41.5 Å². The molecule has 8 nitrogen and oxygen atoms in total. The second-order valence-electron chi connectivity index (χ2n) is 7.11. The molecule has 2 aliphatic rings. The predicted molar refractivity (Wildman–Crippen MR) is 126 cm³/mol. The number of morpholine rings is 1. The molecule has 10 heteroatoms. The van der Waals surface area contributed by atoms with Crippen molar-refractivity contribution in [2.45, 2.75) is 19.1 Å². The molecule has 30 heavy (non-hydrogen) atoms. The van der Waals surface area contributed by atoms with Crippen LogP contribution in [0.25, 0.3) is 0 Å². The Balaban J connectivity index is 0.00000256. The van der Waals surface area contributed by atoms with Gasteiger partial charge in [-0.25, -0.2) is 0 Å². The van der Waals surface area contributed by atoms with E-state index in [0.29, 0.717) is 49.4 Å². The maximum atomic E-state index is 6.41.